The van der Waals surface area contributed by atoms with Gasteiger partial charge in [0.15, 0.2) is 0 Å². The third-order valence-corrected chi connectivity index (χ3v) is 5.18. The molecule has 0 saturated heterocycles. The van der Waals surface area contributed by atoms with Gasteiger partial charge in [0.2, 0.25) is 0 Å². The van der Waals surface area contributed by atoms with Gasteiger partial charge in [0.25, 0.3) is 0 Å². The first-order valence-corrected chi connectivity index (χ1v) is 9.78. The quantitative estimate of drug-likeness (QED) is 0.327. The van der Waals surface area contributed by atoms with E-state index < -0.39 is 11.7 Å². The van der Waals surface area contributed by atoms with Crippen LogP contribution in [0.2, 0.25) is 0 Å². The lowest BCUT2D eigenvalue weighted by atomic mass is 10.0. The van der Waals surface area contributed by atoms with Crippen LogP contribution in [0.4, 0.5) is 13.2 Å². The molecule has 2 nitrogen and oxygen atoms in total. The summed E-state index contributed by atoms with van der Waals surface area (Å²) in [7, 11) is 0. The number of alkyl halides is 3. The van der Waals surface area contributed by atoms with E-state index in [4.69, 9.17) is 0 Å². The van der Waals surface area contributed by atoms with E-state index in [-0.39, 0.29) is 11.1 Å². The zero-order valence-electron chi connectivity index (χ0n) is 16.8. The van der Waals surface area contributed by atoms with Crippen LogP contribution < -0.4 is 0 Å². The first-order chi connectivity index (χ1) is 14.8. The van der Waals surface area contributed by atoms with Crippen molar-refractivity contribution in [1.82, 2.24) is 4.57 Å². The number of nitriles is 1. The smallest absolute Gasteiger partial charge is 0.342 e. The van der Waals surface area contributed by atoms with Gasteiger partial charge < -0.3 is 4.57 Å². The Hall–Kier alpha value is -3.78. The Balaban J connectivity index is 1.79. The Kier molecular flexibility index (Phi) is 5.39. The van der Waals surface area contributed by atoms with Gasteiger partial charge in [-0.05, 0) is 42.3 Å². The molecule has 1 heterocycles. The highest BCUT2D eigenvalue weighted by molar-refractivity contribution is 5.98. The zero-order valence-corrected chi connectivity index (χ0v) is 16.8. The van der Waals surface area contributed by atoms with Gasteiger partial charge in [-0.3, -0.25) is 0 Å². The van der Waals surface area contributed by atoms with Gasteiger partial charge in [0.1, 0.15) is 0 Å². The van der Waals surface area contributed by atoms with Gasteiger partial charge in [-0.15, -0.1) is 0 Å². The molecule has 1 aromatic heterocycles. The van der Waals surface area contributed by atoms with Gasteiger partial charge in [0.05, 0.1) is 17.2 Å². The standard InChI is InChI=1S/C26H19F3N2/c1-18-6-4-7-19(12-18)16-31-17-22(24-10-2-3-11-25(24)31)13-21(15-30)20-8-5-9-23(14-20)26(27,28)29/h2-14,17H,16H2,1H3/b21-13-. The number of aryl methyl sites for hydroxylation is 1. The van der Waals surface area contributed by atoms with Crippen LogP contribution in [0.3, 0.4) is 0 Å². The summed E-state index contributed by atoms with van der Waals surface area (Å²) in [6, 6.07) is 23.0. The predicted molar refractivity (Wildman–Crippen MR) is 117 cm³/mol. The molecule has 0 unspecified atom stereocenters. The zero-order chi connectivity index (χ0) is 22.0. The summed E-state index contributed by atoms with van der Waals surface area (Å²) in [6.45, 7) is 2.70. The van der Waals surface area contributed by atoms with Crippen molar-refractivity contribution in [3.63, 3.8) is 0 Å². The monoisotopic (exact) mass is 416 g/mol. The molecule has 0 bridgehead atoms. The number of hydrogen-bond acceptors (Lipinski definition) is 1. The van der Waals surface area contributed by atoms with Gasteiger partial charge in [-0.25, -0.2) is 0 Å². The molecule has 0 aliphatic carbocycles. The van der Waals surface area contributed by atoms with E-state index in [2.05, 4.69) is 22.8 Å². The van der Waals surface area contributed by atoms with Crippen LogP contribution >= 0.6 is 0 Å². The van der Waals surface area contributed by atoms with Gasteiger partial charge in [-0.2, -0.15) is 18.4 Å². The summed E-state index contributed by atoms with van der Waals surface area (Å²) in [4.78, 5) is 0. The second kappa shape index (κ2) is 8.16. The van der Waals surface area contributed by atoms with E-state index in [9.17, 15) is 18.4 Å². The molecule has 0 saturated carbocycles. The molecule has 4 aromatic rings. The lowest BCUT2D eigenvalue weighted by molar-refractivity contribution is -0.137. The Morgan fingerprint density at radius 3 is 2.52 bits per heavy atom. The fourth-order valence-corrected chi connectivity index (χ4v) is 3.73. The normalized spacial score (nSPS) is 12.2. The van der Waals surface area contributed by atoms with Crippen molar-refractivity contribution in [3.8, 4) is 6.07 Å². The van der Waals surface area contributed by atoms with Crippen LogP contribution in [0.15, 0.2) is 79.0 Å². The van der Waals surface area contributed by atoms with E-state index in [1.807, 2.05) is 49.5 Å². The van der Waals surface area contributed by atoms with Crippen LogP contribution in [-0.4, -0.2) is 4.57 Å². The topological polar surface area (TPSA) is 28.7 Å². The maximum Gasteiger partial charge on any atom is 0.416 e. The van der Waals surface area contributed by atoms with Crippen molar-refractivity contribution in [2.45, 2.75) is 19.6 Å². The van der Waals surface area contributed by atoms with E-state index in [0.717, 1.165) is 34.2 Å². The number of halogens is 3. The van der Waals surface area contributed by atoms with Gasteiger partial charge in [-0.1, -0.05) is 60.2 Å². The average Bonchev–Trinajstić information content (AvgIpc) is 3.09. The molecule has 0 atom stereocenters. The van der Waals surface area contributed by atoms with Crippen molar-refractivity contribution in [1.29, 1.82) is 5.26 Å². The highest BCUT2D eigenvalue weighted by Crippen LogP contribution is 2.32. The Morgan fingerprint density at radius 2 is 1.77 bits per heavy atom. The molecule has 0 radical (unpaired) electrons. The van der Waals surface area contributed by atoms with E-state index in [1.165, 1.54) is 17.7 Å². The van der Waals surface area contributed by atoms with Crippen molar-refractivity contribution < 1.29 is 13.2 Å². The summed E-state index contributed by atoms with van der Waals surface area (Å²) in [5.74, 6) is 0. The highest BCUT2D eigenvalue weighted by Gasteiger charge is 2.30. The van der Waals surface area contributed by atoms with Crippen molar-refractivity contribution in [2.24, 2.45) is 0 Å². The van der Waals surface area contributed by atoms with E-state index in [0.29, 0.717) is 6.54 Å². The molecule has 3 aromatic carbocycles. The number of fused-ring (bicyclic) bond motifs is 1. The first kappa shape index (κ1) is 20.5. The molecule has 154 valence electrons. The van der Waals surface area contributed by atoms with Crippen LogP contribution in [0.1, 0.15) is 27.8 Å². The molecule has 4 rings (SSSR count). The number of hydrogen-bond donors (Lipinski definition) is 0. The number of para-hydroxylation sites is 1. The summed E-state index contributed by atoms with van der Waals surface area (Å²) < 4.78 is 41.4. The second-order valence-corrected chi connectivity index (χ2v) is 7.47. The molecule has 31 heavy (non-hydrogen) atoms. The van der Waals surface area contributed by atoms with E-state index in [1.54, 1.807) is 6.08 Å². The van der Waals surface area contributed by atoms with Gasteiger partial charge in [0, 0.05) is 29.2 Å². The van der Waals surface area contributed by atoms with Crippen LogP contribution in [0.25, 0.3) is 22.6 Å². The Labute approximate surface area is 178 Å². The van der Waals surface area contributed by atoms with Crippen LogP contribution in [0, 0.1) is 18.3 Å². The molecule has 0 aliphatic rings. The lowest BCUT2D eigenvalue weighted by Gasteiger charge is -2.08. The third-order valence-electron chi connectivity index (χ3n) is 5.18. The van der Waals surface area contributed by atoms with Crippen molar-refractivity contribution in [3.05, 3.63) is 107 Å². The van der Waals surface area contributed by atoms with Gasteiger partial charge >= 0.3 is 6.18 Å². The Morgan fingerprint density at radius 1 is 1.00 bits per heavy atom. The largest absolute Gasteiger partial charge is 0.416 e. The fourth-order valence-electron chi connectivity index (χ4n) is 3.73. The Bertz CT molecular complexity index is 1320. The van der Waals surface area contributed by atoms with Crippen molar-refractivity contribution in [2.75, 3.05) is 0 Å². The summed E-state index contributed by atoms with van der Waals surface area (Å²) in [5.41, 5.74) is 3.76. The minimum Gasteiger partial charge on any atom is -0.342 e. The number of allylic oxidation sites excluding steroid dienone is 1. The minimum atomic E-state index is -4.46. The van der Waals surface area contributed by atoms with Crippen molar-refractivity contribution >= 4 is 22.6 Å². The molecular formula is C26H19F3N2. The molecule has 0 aliphatic heterocycles. The summed E-state index contributed by atoms with van der Waals surface area (Å²) >= 11 is 0. The average molecular weight is 416 g/mol. The second-order valence-electron chi connectivity index (χ2n) is 7.47. The summed E-state index contributed by atoms with van der Waals surface area (Å²) in [5, 5.41) is 10.6. The molecule has 0 spiro atoms. The number of rotatable bonds is 4. The number of nitrogens with zero attached hydrogens (tertiary/aromatic N) is 2. The SMILES string of the molecule is Cc1cccc(Cn2cc(/C=C(/C#N)c3cccc(C(F)(F)F)c3)c3ccccc32)c1. The maximum absolute atomic E-state index is 13.1. The van der Waals surface area contributed by atoms with Crippen LogP contribution in [-0.2, 0) is 12.7 Å². The maximum atomic E-state index is 13.1. The predicted octanol–water partition coefficient (Wildman–Crippen LogP) is 7.08. The fraction of sp³-hybridized carbons (Fsp3) is 0.115. The first-order valence-electron chi connectivity index (χ1n) is 9.78. The summed E-state index contributed by atoms with van der Waals surface area (Å²) in [6.07, 6.45) is -0.858. The molecule has 0 N–H and O–H groups in total. The van der Waals surface area contributed by atoms with Crippen LogP contribution in [0.5, 0.6) is 0 Å². The van der Waals surface area contributed by atoms with E-state index >= 15 is 0 Å². The minimum absolute atomic E-state index is 0.185. The number of benzene rings is 3. The molecule has 5 heteroatoms. The number of aromatic nitrogens is 1. The molecule has 0 amide bonds. The third kappa shape index (κ3) is 4.39. The molecular weight excluding hydrogens is 397 g/mol. The molecule has 0 fully saturated rings. The lowest BCUT2D eigenvalue weighted by Crippen LogP contribution is -2.04. The highest BCUT2D eigenvalue weighted by atomic mass is 19.4.